The number of carbonyl (C=O) groups is 4. The molecule has 4 atom stereocenters. The van der Waals surface area contributed by atoms with Crippen molar-refractivity contribution in [3.63, 3.8) is 0 Å². The number of hydrogen-bond acceptors (Lipinski definition) is 6. The van der Waals surface area contributed by atoms with E-state index in [4.69, 9.17) is 0 Å². The van der Waals surface area contributed by atoms with Gasteiger partial charge in [-0.25, -0.2) is 4.79 Å². The number of carbonyl (C=O) groups excluding carboxylic acids is 3. The molecule has 11 nitrogen and oxygen atoms in total. The Bertz CT molecular complexity index is 1970. The highest BCUT2D eigenvalue weighted by Crippen LogP contribution is 2.51. The summed E-state index contributed by atoms with van der Waals surface area (Å²) in [7, 11) is 0. The van der Waals surface area contributed by atoms with Gasteiger partial charge in [0.15, 0.2) is 12.3 Å². The maximum Gasteiger partial charge on any atom is 0.352 e. The van der Waals surface area contributed by atoms with E-state index < -0.39 is 24.0 Å². The van der Waals surface area contributed by atoms with Gasteiger partial charge in [-0.15, -0.1) is 0 Å². The van der Waals surface area contributed by atoms with Gasteiger partial charge < -0.3 is 59.3 Å². The molecule has 51 heavy (non-hydrogen) atoms. The number of ketones is 1. The van der Waals surface area contributed by atoms with Gasteiger partial charge in [0, 0.05) is 28.3 Å². The first-order valence-electron chi connectivity index (χ1n) is 17.0. The molecule has 4 fully saturated rings. The Hall–Kier alpha value is -4.26. The monoisotopic (exact) mass is 734 g/mol. The lowest BCUT2D eigenvalue weighted by atomic mass is 9.76. The summed E-state index contributed by atoms with van der Waals surface area (Å²) in [5.41, 5.74) is 5.75. The number of phenols is 1. The van der Waals surface area contributed by atoms with E-state index >= 15 is 0 Å². The van der Waals surface area contributed by atoms with E-state index in [1.54, 1.807) is 43.3 Å². The average Bonchev–Trinajstić information content (AvgIpc) is 3.50. The quantitative estimate of drug-likeness (QED) is 0.0863. The number of amides is 2. The largest absolute Gasteiger partial charge is 1.00 e. The molecular formula is C38H40Cl2N4O7. The Morgan fingerprint density at radius 1 is 0.863 bits per heavy atom. The molecule has 0 spiro atoms. The summed E-state index contributed by atoms with van der Waals surface area (Å²) < 4.78 is 1.70. The number of carboxylic acid groups (broad SMARTS) is 1. The smallest absolute Gasteiger partial charge is 0.352 e. The minimum Gasteiger partial charge on any atom is -1.00 e. The lowest BCUT2D eigenvalue weighted by molar-refractivity contribution is -1.08. The number of halogens is 2. The number of carboxylic acids is 1. The Morgan fingerprint density at radius 3 is 2.12 bits per heavy atom. The van der Waals surface area contributed by atoms with Gasteiger partial charge in [0.25, 0.3) is 5.91 Å². The Morgan fingerprint density at radius 2 is 1.49 bits per heavy atom. The number of anilines is 1. The lowest BCUT2D eigenvalue weighted by Crippen LogP contribution is -3.00. The normalized spacial score (nSPS) is 27.4. The minimum absolute atomic E-state index is 0. The molecule has 6 aliphatic rings. The summed E-state index contributed by atoms with van der Waals surface area (Å²) in [6, 6.07) is 17.6. The van der Waals surface area contributed by atoms with Crippen LogP contribution in [0.25, 0.3) is 16.7 Å². The van der Waals surface area contributed by atoms with E-state index in [1.165, 1.54) is 4.90 Å². The zero-order chi connectivity index (χ0) is 34.4. The van der Waals surface area contributed by atoms with Crippen molar-refractivity contribution in [3.05, 3.63) is 88.6 Å². The van der Waals surface area contributed by atoms with Crippen molar-refractivity contribution in [3.8, 4) is 16.9 Å². The maximum absolute atomic E-state index is 13.7. The number of benzene rings is 3. The SMILES string of the molecule is C[C@@H](O)[C@H]1C(=O)N2C(C(=O)O)=C(c3ccc4c(c3)-c3ccc(C[N+]56CC[N+](CC(=O)Nc7ccc(O)cc7)(CC5)CC6)cc3C4=O)[C@H](C)[C@H]12.[Cl-].[Cl-]. The molecule has 0 saturated carbocycles. The number of piperazine rings is 3. The van der Waals surface area contributed by atoms with E-state index in [9.17, 15) is 34.5 Å². The molecule has 0 unspecified atom stereocenters. The Labute approximate surface area is 308 Å². The summed E-state index contributed by atoms with van der Waals surface area (Å²) in [5.74, 6) is -2.40. The van der Waals surface area contributed by atoms with Crippen LogP contribution in [0.1, 0.15) is 40.9 Å². The van der Waals surface area contributed by atoms with Crippen molar-refractivity contribution in [2.24, 2.45) is 11.8 Å². The first kappa shape index (κ1) is 36.5. The van der Waals surface area contributed by atoms with Crippen LogP contribution in [0.15, 0.2) is 66.4 Å². The first-order chi connectivity index (χ1) is 23.4. The molecule has 2 bridgehead atoms. The zero-order valence-electron chi connectivity index (χ0n) is 28.3. The summed E-state index contributed by atoms with van der Waals surface area (Å²) in [4.78, 5) is 53.2. The molecule has 5 aliphatic heterocycles. The number of hydrogen-bond donors (Lipinski definition) is 4. The van der Waals surface area contributed by atoms with E-state index in [-0.39, 0.29) is 59.8 Å². The fourth-order valence-corrected chi connectivity index (χ4v) is 9.20. The van der Waals surface area contributed by atoms with Gasteiger partial charge in [-0.05, 0) is 71.7 Å². The summed E-state index contributed by atoms with van der Waals surface area (Å²) >= 11 is 0. The fraction of sp³-hybridized carbons (Fsp3) is 0.368. The number of aliphatic hydroxyl groups excluding tert-OH is 1. The second-order valence-corrected chi connectivity index (χ2v) is 14.7. The fourth-order valence-electron chi connectivity index (χ4n) is 9.20. The van der Waals surface area contributed by atoms with E-state index in [2.05, 4.69) is 11.4 Å². The van der Waals surface area contributed by atoms with Crippen LogP contribution in [-0.2, 0) is 20.9 Å². The van der Waals surface area contributed by atoms with Crippen LogP contribution in [0, 0.1) is 11.8 Å². The molecule has 4 saturated heterocycles. The molecular weight excluding hydrogens is 695 g/mol. The van der Waals surface area contributed by atoms with Gasteiger partial charge in [0.1, 0.15) is 57.3 Å². The third kappa shape index (κ3) is 5.81. The summed E-state index contributed by atoms with van der Waals surface area (Å²) in [5, 5.41) is 32.9. The molecule has 13 heteroatoms. The lowest BCUT2D eigenvalue weighted by Gasteiger charge is -2.55. The molecule has 5 heterocycles. The number of rotatable bonds is 8. The van der Waals surface area contributed by atoms with Gasteiger partial charge in [-0.2, -0.15) is 0 Å². The predicted molar refractivity (Wildman–Crippen MR) is 180 cm³/mol. The third-order valence-corrected chi connectivity index (χ3v) is 11.9. The summed E-state index contributed by atoms with van der Waals surface area (Å²) in [6.07, 6.45) is -0.879. The Kier molecular flexibility index (Phi) is 9.35. The van der Waals surface area contributed by atoms with Crippen molar-refractivity contribution in [2.75, 3.05) is 51.1 Å². The predicted octanol–water partition coefficient (Wildman–Crippen LogP) is -2.94. The second-order valence-electron chi connectivity index (χ2n) is 14.7. The molecule has 9 rings (SSSR count). The van der Waals surface area contributed by atoms with Gasteiger partial charge in [0.2, 0.25) is 5.91 Å². The van der Waals surface area contributed by atoms with Gasteiger partial charge >= 0.3 is 5.97 Å². The molecule has 0 aromatic heterocycles. The maximum atomic E-state index is 13.7. The molecule has 268 valence electrons. The van der Waals surface area contributed by atoms with Crippen LogP contribution in [-0.4, -0.2) is 111 Å². The number of nitrogens with one attached hydrogen (secondary N) is 1. The van der Waals surface area contributed by atoms with Crippen LogP contribution >= 0.6 is 0 Å². The molecule has 3 aromatic carbocycles. The van der Waals surface area contributed by atoms with Crippen molar-refractivity contribution < 1.29 is 68.3 Å². The minimum atomic E-state index is -1.18. The molecule has 4 N–H and O–H groups in total. The number of β-lactam (4-membered cyclic amide) rings is 1. The number of quaternary nitrogens is 2. The van der Waals surface area contributed by atoms with Crippen LogP contribution < -0.4 is 30.1 Å². The molecule has 1 aliphatic carbocycles. The van der Waals surface area contributed by atoms with Crippen LogP contribution in [0.4, 0.5) is 5.69 Å². The number of aliphatic hydroxyl groups is 1. The van der Waals surface area contributed by atoms with Gasteiger partial charge in [0.05, 0.1) is 18.1 Å². The average molecular weight is 736 g/mol. The first-order valence-corrected chi connectivity index (χ1v) is 17.0. The van der Waals surface area contributed by atoms with Crippen molar-refractivity contribution in [1.82, 2.24) is 4.90 Å². The highest BCUT2D eigenvalue weighted by atomic mass is 35.5. The molecule has 0 radical (unpaired) electrons. The molecule has 2 amide bonds. The topological polar surface area (TPSA) is 144 Å². The zero-order valence-corrected chi connectivity index (χ0v) is 29.8. The standard InChI is InChI=1S/C38H38N4O7.2ClH/c1-21-32(35(38(48)49)40-34(21)33(22(2)43)37(40)47)24-4-10-28-29(18-24)27-9-3-23(17-30(27)36(28)46)19-41-11-14-42(15-12-41,16-13-41)20-31(45)39-25-5-7-26(44)8-6-25;;/h3-10,17-18,21-22,33-34,43H,11-16,19-20H2,1-2H3,(H-2,39,44,45,48,49);2*1H/t21-,22+,33+,34+,41?,42?;;/m0../s1. The van der Waals surface area contributed by atoms with Crippen LogP contribution in [0.2, 0.25) is 0 Å². The number of phenolic OH excluding ortho intramolecular Hbond substituents is 1. The van der Waals surface area contributed by atoms with E-state index in [0.29, 0.717) is 34.5 Å². The molecule has 3 aromatic rings. The highest BCUT2D eigenvalue weighted by molar-refractivity contribution is 6.22. The highest BCUT2D eigenvalue weighted by Gasteiger charge is 2.60. The van der Waals surface area contributed by atoms with Crippen LogP contribution in [0.3, 0.4) is 0 Å². The summed E-state index contributed by atoms with van der Waals surface area (Å²) in [6.45, 7) is 10.3. The van der Waals surface area contributed by atoms with Crippen LogP contribution in [0.5, 0.6) is 5.75 Å². The van der Waals surface area contributed by atoms with Crippen molar-refractivity contribution in [2.45, 2.75) is 32.5 Å². The van der Waals surface area contributed by atoms with Gasteiger partial charge in [-0.1, -0.05) is 25.1 Å². The number of fused-ring (bicyclic) bond motifs is 7. The third-order valence-electron chi connectivity index (χ3n) is 11.9. The number of aromatic hydroxyl groups is 1. The van der Waals surface area contributed by atoms with Crippen molar-refractivity contribution >= 4 is 34.8 Å². The van der Waals surface area contributed by atoms with E-state index in [1.807, 2.05) is 25.1 Å². The van der Waals surface area contributed by atoms with Crippen molar-refractivity contribution in [1.29, 1.82) is 0 Å². The number of aliphatic carboxylic acids is 1. The number of nitrogens with zero attached hydrogens (tertiary/aromatic N) is 3. The van der Waals surface area contributed by atoms with Gasteiger partial charge in [-0.3, -0.25) is 14.4 Å². The Balaban J connectivity index is 0.00000224. The second kappa shape index (κ2) is 13.1. The van der Waals surface area contributed by atoms with E-state index in [0.717, 1.165) is 71.5 Å².